The van der Waals surface area contributed by atoms with Gasteiger partial charge in [0.25, 0.3) is 0 Å². The molecule has 1 saturated heterocycles. The van der Waals surface area contributed by atoms with Crippen LogP contribution in [0.5, 0.6) is 0 Å². The summed E-state index contributed by atoms with van der Waals surface area (Å²) in [5.41, 5.74) is 6.40. The SMILES string of the molecule is CN(CCc1ccc(F)cc1)C(=O)C1(CN)CCOCC1. The standard InChI is InChI=1S/C16H23FN2O2/c1-19(9-6-13-2-4-14(17)5-3-13)15(20)16(12-18)7-10-21-11-8-16/h2-5H,6-12,18H2,1H3. The summed E-state index contributed by atoms with van der Waals surface area (Å²) in [6.07, 6.45) is 2.08. The minimum absolute atomic E-state index is 0.0930. The van der Waals surface area contributed by atoms with Gasteiger partial charge in [-0.3, -0.25) is 4.79 Å². The van der Waals surface area contributed by atoms with Crippen molar-refractivity contribution in [2.45, 2.75) is 19.3 Å². The fourth-order valence-electron chi connectivity index (χ4n) is 2.72. The van der Waals surface area contributed by atoms with Gasteiger partial charge in [-0.25, -0.2) is 4.39 Å². The van der Waals surface area contributed by atoms with Gasteiger partial charge in [0.15, 0.2) is 0 Å². The van der Waals surface area contributed by atoms with Crippen LogP contribution in [0.4, 0.5) is 4.39 Å². The number of nitrogens with two attached hydrogens (primary N) is 1. The van der Waals surface area contributed by atoms with Crippen LogP contribution in [0.1, 0.15) is 18.4 Å². The number of rotatable bonds is 5. The third kappa shape index (κ3) is 3.80. The van der Waals surface area contributed by atoms with Crippen molar-refractivity contribution in [2.75, 3.05) is 33.4 Å². The van der Waals surface area contributed by atoms with Gasteiger partial charge in [0.1, 0.15) is 5.82 Å². The molecule has 2 N–H and O–H groups in total. The molecule has 1 aliphatic rings. The van der Waals surface area contributed by atoms with E-state index in [1.165, 1.54) is 12.1 Å². The molecule has 5 heteroatoms. The van der Waals surface area contributed by atoms with Crippen molar-refractivity contribution >= 4 is 5.91 Å². The van der Waals surface area contributed by atoms with Crippen molar-refractivity contribution < 1.29 is 13.9 Å². The van der Waals surface area contributed by atoms with Crippen LogP contribution >= 0.6 is 0 Å². The molecule has 0 radical (unpaired) electrons. The van der Waals surface area contributed by atoms with Crippen molar-refractivity contribution in [3.05, 3.63) is 35.6 Å². The van der Waals surface area contributed by atoms with Gasteiger partial charge in [-0.1, -0.05) is 12.1 Å². The zero-order chi connectivity index (χ0) is 15.3. The number of halogens is 1. The number of likely N-dealkylation sites (N-methyl/N-ethyl adjacent to an activating group) is 1. The highest BCUT2D eigenvalue weighted by atomic mass is 19.1. The van der Waals surface area contributed by atoms with Crippen molar-refractivity contribution in [3.8, 4) is 0 Å². The maximum Gasteiger partial charge on any atom is 0.229 e. The van der Waals surface area contributed by atoms with Crippen LogP contribution in [-0.4, -0.2) is 44.2 Å². The molecule has 1 aromatic rings. The van der Waals surface area contributed by atoms with Crippen LogP contribution in [-0.2, 0) is 16.0 Å². The predicted molar refractivity (Wildman–Crippen MR) is 79.3 cm³/mol. The van der Waals surface area contributed by atoms with E-state index < -0.39 is 5.41 Å². The Morgan fingerprint density at radius 1 is 1.33 bits per heavy atom. The molecule has 0 bridgehead atoms. The highest BCUT2D eigenvalue weighted by molar-refractivity contribution is 5.83. The molecule has 0 spiro atoms. The van der Waals surface area contributed by atoms with Crippen molar-refractivity contribution in [3.63, 3.8) is 0 Å². The topological polar surface area (TPSA) is 55.6 Å². The molecule has 116 valence electrons. The second kappa shape index (κ2) is 7.00. The van der Waals surface area contributed by atoms with Gasteiger partial charge in [-0.2, -0.15) is 0 Å². The monoisotopic (exact) mass is 294 g/mol. The molecule has 0 saturated carbocycles. The van der Waals surface area contributed by atoms with E-state index in [0.29, 0.717) is 45.6 Å². The first-order chi connectivity index (χ1) is 10.1. The van der Waals surface area contributed by atoms with E-state index in [4.69, 9.17) is 10.5 Å². The number of ether oxygens (including phenoxy) is 1. The number of nitrogens with zero attached hydrogens (tertiary/aromatic N) is 1. The van der Waals surface area contributed by atoms with E-state index in [0.717, 1.165) is 5.56 Å². The first-order valence-corrected chi connectivity index (χ1v) is 7.35. The molecule has 2 rings (SSSR count). The molecule has 4 nitrogen and oxygen atoms in total. The van der Waals surface area contributed by atoms with Gasteiger partial charge in [-0.15, -0.1) is 0 Å². The Morgan fingerprint density at radius 3 is 2.52 bits per heavy atom. The fourth-order valence-corrected chi connectivity index (χ4v) is 2.72. The third-order valence-electron chi connectivity index (χ3n) is 4.29. The molecular weight excluding hydrogens is 271 g/mol. The Morgan fingerprint density at radius 2 is 1.95 bits per heavy atom. The Balaban J connectivity index is 1.93. The van der Waals surface area contributed by atoms with Gasteiger partial charge in [-0.05, 0) is 37.0 Å². The summed E-state index contributed by atoms with van der Waals surface area (Å²) < 4.78 is 18.2. The summed E-state index contributed by atoms with van der Waals surface area (Å²) in [5, 5.41) is 0. The summed E-state index contributed by atoms with van der Waals surface area (Å²) in [6.45, 7) is 2.15. The van der Waals surface area contributed by atoms with E-state index >= 15 is 0 Å². The van der Waals surface area contributed by atoms with E-state index in [9.17, 15) is 9.18 Å². The molecule has 1 heterocycles. The molecular formula is C16H23FN2O2. The van der Waals surface area contributed by atoms with E-state index in [1.54, 1.807) is 24.1 Å². The lowest BCUT2D eigenvalue weighted by Gasteiger charge is -2.37. The number of carbonyl (C=O) groups excluding carboxylic acids is 1. The molecule has 21 heavy (non-hydrogen) atoms. The predicted octanol–water partition coefficient (Wildman–Crippen LogP) is 1.58. The van der Waals surface area contributed by atoms with Crippen molar-refractivity contribution in [2.24, 2.45) is 11.1 Å². The van der Waals surface area contributed by atoms with E-state index in [2.05, 4.69) is 0 Å². The Hall–Kier alpha value is -1.46. The maximum absolute atomic E-state index is 12.9. The molecule has 1 aliphatic heterocycles. The quantitative estimate of drug-likeness (QED) is 0.897. The highest BCUT2D eigenvalue weighted by Crippen LogP contribution is 2.31. The maximum atomic E-state index is 12.9. The average Bonchev–Trinajstić information content (AvgIpc) is 2.54. The largest absolute Gasteiger partial charge is 0.381 e. The van der Waals surface area contributed by atoms with Crippen LogP contribution in [0.3, 0.4) is 0 Å². The number of hydrogen-bond donors (Lipinski definition) is 1. The minimum atomic E-state index is -0.476. The first kappa shape index (κ1) is 15.9. The first-order valence-electron chi connectivity index (χ1n) is 7.35. The Kier molecular flexibility index (Phi) is 5.31. The molecule has 1 aromatic carbocycles. The summed E-state index contributed by atoms with van der Waals surface area (Å²) in [5.74, 6) is -0.150. The summed E-state index contributed by atoms with van der Waals surface area (Å²) in [6, 6.07) is 6.38. The number of benzene rings is 1. The molecule has 0 aliphatic carbocycles. The summed E-state index contributed by atoms with van der Waals surface area (Å²) in [7, 11) is 1.80. The minimum Gasteiger partial charge on any atom is -0.381 e. The van der Waals surface area contributed by atoms with Crippen LogP contribution in [0.25, 0.3) is 0 Å². The average molecular weight is 294 g/mol. The normalized spacial score (nSPS) is 17.5. The molecule has 0 aromatic heterocycles. The highest BCUT2D eigenvalue weighted by Gasteiger charge is 2.40. The van der Waals surface area contributed by atoms with Gasteiger partial charge < -0.3 is 15.4 Å². The number of carbonyl (C=O) groups is 1. The van der Waals surface area contributed by atoms with Crippen molar-refractivity contribution in [1.29, 1.82) is 0 Å². The van der Waals surface area contributed by atoms with Gasteiger partial charge in [0, 0.05) is 33.4 Å². The lowest BCUT2D eigenvalue weighted by Crippen LogP contribution is -2.50. The summed E-state index contributed by atoms with van der Waals surface area (Å²) in [4.78, 5) is 14.4. The second-order valence-electron chi connectivity index (χ2n) is 5.70. The van der Waals surface area contributed by atoms with Crippen LogP contribution in [0, 0.1) is 11.2 Å². The van der Waals surface area contributed by atoms with Gasteiger partial charge in [0.2, 0.25) is 5.91 Å². The second-order valence-corrected chi connectivity index (χ2v) is 5.70. The van der Waals surface area contributed by atoms with Gasteiger partial charge >= 0.3 is 0 Å². The molecule has 1 amide bonds. The summed E-state index contributed by atoms with van der Waals surface area (Å²) >= 11 is 0. The smallest absolute Gasteiger partial charge is 0.229 e. The Labute approximate surface area is 125 Å². The number of amides is 1. The van der Waals surface area contributed by atoms with E-state index in [1.807, 2.05) is 0 Å². The lowest BCUT2D eigenvalue weighted by molar-refractivity contribution is -0.145. The zero-order valence-electron chi connectivity index (χ0n) is 12.5. The van der Waals surface area contributed by atoms with Gasteiger partial charge in [0.05, 0.1) is 5.41 Å². The Bertz CT molecular complexity index is 470. The molecule has 0 atom stereocenters. The third-order valence-corrected chi connectivity index (χ3v) is 4.29. The zero-order valence-corrected chi connectivity index (χ0v) is 12.5. The van der Waals surface area contributed by atoms with Crippen molar-refractivity contribution in [1.82, 2.24) is 4.90 Å². The lowest BCUT2D eigenvalue weighted by atomic mass is 9.79. The van der Waals surface area contributed by atoms with Crippen LogP contribution in [0.15, 0.2) is 24.3 Å². The molecule has 0 unspecified atom stereocenters. The molecule has 1 fully saturated rings. The van der Waals surface area contributed by atoms with Crippen LogP contribution in [0.2, 0.25) is 0 Å². The van der Waals surface area contributed by atoms with E-state index in [-0.39, 0.29) is 11.7 Å². The fraction of sp³-hybridized carbons (Fsp3) is 0.562. The van der Waals surface area contributed by atoms with Crippen LogP contribution < -0.4 is 5.73 Å². The number of hydrogen-bond acceptors (Lipinski definition) is 3.